The molecule has 0 heterocycles. The summed E-state index contributed by atoms with van der Waals surface area (Å²) in [6.45, 7) is 2.74. The Labute approximate surface area is 123 Å². The lowest BCUT2D eigenvalue weighted by Gasteiger charge is -2.35. The summed E-state index contributed by atoms with van der Waals surface area (Å²) in [5.41, 5.74) is 6.75. The Morgan fingerprint density at radius 1 is 1.29 bits per heavy atom. The van der Waals surface area contributed by atoms with E-state index in [1.165, 1.54) is 12.1 Å². The third kappa shape index (κ3) is 4.37. The Bertz CT molecular complexity index is 461. The summed E-state index contributed by atoms with van der Waals surface area (Å²) in [5.74, 6) is 1.05. The third-order valence-corrected chi connectivity index (χ3v) is 4.50. The second kappa shape index (κ2) is 6.69. The first kappa shape index (κ1) is 16.1. The molecule has 2 rings (SSSR count). The highest BCUT2D eigenvalue weighted by atomic mass is 19.4. The molecule has 0 bridgehead atoms. The summed E-state index contributed by atoms with van der Waals surface area (Å²) in [6, 6.07) is 6.36. The minimum absolute atomic E-state index is 0.144. The number of alkyl halides is 3. The molecule has 0 amide bonds. The predicted octanol–water partition coefficient (Wildman–Crippen LogP) is 4.45. The maximum absolute atomic E-state index is 12.3. The molecule has 0 spiro atoms. The van der Waals surface area contributed by atoms with Crippen molar-refractivity contribution in [1.82, 2.24) is 0 Å². The Kier molecular flexibility index (Phi) is 5.14. The first-order chi connectivity index (χ1) is 9.93. The topological polar surface area (TPSA) is 35.2 Å². The number of nitrogens with two attached hydrogens (primary N) is 1. The first-order valence-electron chi connectivity index (χ1n) is 7.48. The van der Waals surface area contributed by atoms with E-state index in [1.807, 2.05) is 6.07 Å². The van der Waals surface area contributed by atoms with E-state index < -0.39 is 6.36 Å². The van der Waals surface area contributed by atoms with Crippen molar-refractivity contribution in [2.45, 2.75) is 44.9 Å². The highest BCUT2D eigenvalue weighted by molar-refractivity contribution is 5.32. The van der Waals surface area contributed by atoms with Crippen LogP contribution in [0.4, 0.5) is 13.2 Å². The van der Waals surface area contributed by atoms with E-state index in [2.05, 4.69) is 11.7 Å². The fourth-order valence-corrected chi connectivity index (χ4v) is 3.32. The summed E-state index contributed by atoms with van der Waals surface area (Å²) < 4.78 is 41.0. The van der Waals surface area contributed by atoms with Crippen LogP contribution in [-0.2, 0) is 0 Å². The summed E-state index contributed by atoms with van der Waals surface area (Å²) in [6.07, 6.45) is -0.345. The number of hydrogen-bond acceptors (Lipinski definition) is 2. The molecular weight excluding hydrogens is 279 g/mol. The lowest BCUT2D eigenvalue weighted by Crippen LogP contribution is -2.29. The van der Waals surface area contributed by atoms with Gasteiger partial charge in [-0.1, -0.05) is 31.9 Å². The lowest BCUT2D eigenvalue weighted by molar-refractivity contribution is -0.274. The quantitative estimate of drug-likeness (QED) is 0.891. The molecule has 1 aliphatic rings. The van der Waals surface area contributed by atoms with Crippen LogP contribution in [-0.4, -0.2) is 12.9 Å². The molecule has 1 aliphatic carbocycles. The Morgan fingerprint density at radius 3 is 2.67 bits per heavy atom. The fraction of sp³-hybridized carbons (Fsp3) is 0.625. The monoisotopic (exact) mass is 301 g/mol. The van der Waals surface area contributed by atoms with Crippen LogP contribution in [0.2, 0.25) is 0 Å². The smallest absolute Gasteiger partial charge is 0.406 e. The summed E-state index contributed by atoms with van der Waals surface area (Å²) >= 11 is 0. The van der Waals surface area contributed by atoms with E-state index in [-0.39, 0.29) is 11.7 Å². The van der Waals surface area contributed by atoms with Crippen LogP contribution in [0.3, 0.4) is 0 Å². The van der Waals surface area contributed by atoms with Gasteiger partial charge in [-0.05, 0) is 54.8 Å². The van der Waals surface area contributed by atoms with Gasteiger partial charge in [0.1, 0.15) is 5.75 Å². The number of benzene rings is 1. The van der Waals surface area contributed by atoms with Crippen LogP contribution in [0.1, 0.15) is 44.1 Å². The van der Waals surface area contributed by atoms with E-state index >= 15 is 0 Å². The van der Waals surface area contributed by atoms with Crippen molar-refractivity contribution >= 4 is 0 Å². The standard InChI is InChI=1S/C16H22F3NO/c1-2-11-6-7-13(10-20)15(8-11)12-4-3-5-14(9-12)21-16(17,18)19/h3-5,9,11,13,15H,2,6-8,10,20H2,1H3. The normalized spacial score (nSPS) is 26.6. The van der Waals surface area contributed by atoms with Gasteiger partial charge in [-0.3, -0.25) is 0 Å². The van der Waals surface area contributed by atoms with E-state index in [9.17, 15) is 13.2 Å². The van der Waals surface area contributed by atoms with Gasteiger partial charge in [0.25, 0.3) is 0 Å². The van der Waals surface area contributed by atoms with Crippen LogP contribution in [0, 0.1) is 11.8 Å². The Morgan fingerprint density at radius 2 is 2.05 bits per heavy atom. The third-order valence-electron chi connectivity index (χ3n) is 4.50. The van der Waals surface area contributed by atoms with Gasteiger partial charge < -0.3 is 10.5 Å². The van der Waals surface area contributed by atoms with Gasteiger partial charge in [0.15, 0.2) is 0 Å². The molecule has 2 N–H and O–H groups in total. The van der Waals surface area contributed by atoms with E-state index in [0.29, 0.717) is 18.4 Å². The first-order valence-corrected chi connectivity index (χ1v) is 7.48. The number of rotatable bonds is 4. The maximum atomic E-state index is 12.3. The SMILES string of the molecule is CCC1CCC(CN)C(c2cccc(OC(F)(F)F)c2)C1. The van der Waals surface area contributed by atoms with Crippen molar-refractivity contribution in [2.24, 2.45) is 17.6 Å². The molecule has 2 nitrogen and oxygen atoms in total. The Hall–Kier alpha value is -1.23. The molecule has 1 fully saturated rings. The van der Waals surface area contributed by atoms with Gasteiger partial charge in [-0.25, -0.2) is 0 Å². The van der Waals surface area contributed by atoms with Gasteiger partial charge >= 0.3 is 6.36 Å². The predicted molar refractivity (Wildman–Crippen MR) is 76.0 cm³/mol. The largest absolute Gasteiger partial charge is 0.573 e. The second-order valence-corrected chi connectivity index (χ2v) is 5.81. The molecular formula is C16H22F3NO. The molecule has 0 aliphatic heterocycles. The molecule has 118 valence electrons. The van der Waals surface area contributed by atoms with E-state index in [0.717, 1.165) is 31.2 Å². The molecule has 1 aromatic rings. The number of halogens is 3. The molecule has 5 heteroatoms. The molecule has 0 saturated heterocycles. The average molecular weight is 301 g/mol. The Balaban J connectivity index is 2.20. The fourth-order valence-electron chi connectivity index (χ4n) is 3.32. The van der Waals surface area contributed by atoms with Crippen molar-refractivity contribution in [1.29, 1.82) is 0 Å². The number of hydrogen-bond donors (Lipinski definition) is 1. The van der Waals surface area contributed by atoms with E-state index in [4.69, 9.17) is 5.73 Å². The highest BCUT2D eigenvalue weighted by Gasteiger charge is 2.33. The van der Waals surface area contributed by atoms with Gasteiger partial charge in [0, 0.05) is 0 Å². The minimum Gasteiger partial charge on any atom is -0.406 e. The van der Waals surface area contributed by atoms with Gasteiger partial charge in [-0.15, -0.1) is 13.2 Å². The molecule has 3 atom stereocenters. The van der Waals surface area contributed by atoms with E-state index in [1.54, 1.807) is 6.07 Å². The zero-order valence-electron chi connectivity index (χ0n) is 12.2. The van der Waals surface area contributed by atoms with Gasteiger partial charge in [-0.2, -0.15) is 0 Å². The molecule has 0 aromatic heterocycles. The zero-order valence-corrected chi connectivity index (χ0v) is 12.2. The number of ether oxygens (including phenoxy) is 1. The van der Waals surface area contributed by atoms with Crippen LogP contribution in [0.5, 0.6) is 5.75 Å². The average Bonchev–Trinajstić information content (AvgIpc) is 2.45. The van der Waals surface area contributed by atoms with Crippen molar-refractivity contribution < 1.29 is 17.9 Å². The van der Waals surface area contributed by atoms with Crippen molar-refractivity contribution in [3.63, 3.8) is 0 Å². The summed E-state index contributed by atoms with van der Waals surface area (Å²) in [4.78, 5) is 0. The molecule has 1 saturated carbocycles. The highest BCUT2D eigenvalue weighted by Crippen LogP contribution is 2.42. The van der Waals surface area contributed by atoms with Gasteiger partial charge in [0.2, 0.25) is 0 Å². The van der Waals surface area contributed by atoms with Crippen LogP contribution >= 0.6 is 0 Å². The molecule has 0 radical (unpaired) electrons. The van der Waals surface area contributed by atoms with Crippen molar-refractivity contribution in [2.75, 3.05) is 6.54 Å². The summed E-state index contributed by atoms with van der Waals surface area (Å²) in [7, 11) is 0. The lowest BCUT2D eigenvalue weighted by atomic mass is 9.70. The molecule has 21 heavy (non-hydrogen) atoms. The van der Waals surface area contributed by atoms with Crippen molar-refractivity contribution in [3.8, 4) is 5.75 Å². The molecule has 1 aromatic carbocycles. The minimum atomic E-state index is -4.65. The summed E-state index contributed by atoms with van der Waals surface area (Å²) in [5, 5.41) is 0. The second-order valence-electron chi connectivity index (χ2n) is 5.81. The van der Waals surface area contributed by atoms with Crippen LogP contribution < -0.4 is 10.5 Å². The van der Waals surface area contributed by atoms with Crippen LogP contribution in [0.25, 0.3) is 0 Å². The molecule has 3 unspecified atom stereocenters. The zero-order chi connectivity index (χ0) is 15.5. The van der Waals surface area contributed by atoms with Crippen molar-refractivity contribution in [3.05, 3.63) is 29.8 Å². The van der Waals surface area contributed by atoms with Crippen LogP contribution in [0.15, 0.2) is 24.3 Å². The maximum Gasteiger partial charge on any atom is 0.573 e. The van der Waals surface area contributed by atoms with Gasteiger partial charge in [0.05, 0.1) is 0 Å².